The van der Waals surface area contributed by atoms with Crippen LogP contribution in [0.3, 0.4) is 0 Å². The lowest BCUT2D eigenvalue weighted by Crippen LogP contribution is -2.11. The topological polar surface area (TPSA) is 71.5 Å². The maximum absolute atomic E-state index is 13.0. The lowest BCUT2D eigenvalue weighted by molar-refractivity contribution is -0.137. The predicted octanol–water partition coefficient (Wildman–Crippen LogP) is 6.92. The molecule has 188 valence electrons. The number of carbonyl (C=O) groups excluding carboxylic acids is 1. The van der Waals surface area contributed by atoms with E-state index in [1.807, 2.05) is 6.92 Å². The Kier molecular flexibility index (Phi) is 9.14. The Hall–Kier alpha value is -3.33. The number of rotatable bonds is 8. The Morgan fingerprint density at radius 1 is 1.08 bits per heavy atom. The van der Waals surface area contributed by atoms with E-state index in [0.717, 1.165) is 12.1 Å². The highest BCUT2D eigenvalue weighted by molar-refractivity contribution is 6.35. The van der Waals surface area contributed by atoms with Crippen molar-refractivity contribution in [2.24, 2.45) is 0 Å². The summed E-state index contributed by atoms with van der Waals surface area (Å²) in [5.74, 6) is 0.0847. The molecule has 2 aromatic carbocycles. The Balaban J connectivity index is 1.91. The number of aliphatic hydroxyl groups excluding tert-OH is 1. The third-order valence-electron chi connectivity index (χ3n) is 4.95. The van der Waals surface area contributed by atoms with E-state index in [0.29, 0.717) is 29.1 Å². The van der Waals surface area contributed by atoms with Crippen molar-refractivity contribution in [3.05, 3.63) is 105 Å². The van der Waals surface area contributed by atoms with E-state index in [9.17, 15) is 23.1 Å². The molecule has 0 spiro atoms. The van der Waals surface area contributed by atoms with Crippen molar-refractivity contribution in [2.45, 2.75) is 19.7 Å². The summed E-state index contributed by atoms with van der Waals surface area (Å²) in [7, 11) is 0. The van der Waals surface area contributed by atoms with Crippen LogP contribution in [0.4, 0.5) is 18.9 Å². The zero-order chi connectivity index (χ0) is 26.3. The summed E-state index contributed by atoms with van der Waals surface area (Å²) in [6.45, 7) is 1.93. The number of pyridine rings is 1. The van der Waals surface area contributed by atoms with Crippen LogP contribution in [0.1, 0.15) is 29.2 Å². The van der Waals surface area contributed by atoms with Crippen LogP contribution in [-0.4, -0.2) is 22.6 Å². The average molecular weight is 537 g/mol. The van der Waals surface area contributed by atoms with Crippen molar-refractivity contribution in [1.82, 2.24) is 4.98 Å². The van der Waals surface area contributed by atoms with Gasteiger partial charge in [0.2, 0.25) is 5.91 Å². The van der Waals surface area contributed by atoms with Crippen LogP contribution < -0.4 is 10.1 Å². The van der Waals surface area contributed by atoms with Crippen LogP contribution in [-0.2, 0) is 17.6 Å². The number of carbonyl (C=O) groups is 1. The number of nitrogens with one attached hydrogen (secondary N) is 1. The predicted molar refractivity (Wildman–Crippen MR) is 134 cm³/mol. The molecule has 0 fully saturated rings. The molecule has 3 aromatic rings. The van der Waals surface area contributed by atoms with Crippen LogP contribution in [0.15, 0.2) is 72.8 Å². The van der Waals surface area contributed by atoms with Crippen molar-refractivity contribution in [3.63, 3.8) is 0 Å². The largest absolute Gasteiger partial charge is 0.494 e. The third kappa shape index (κ3) is 7.10. The second-order valence-corrected chi connectivity index (χ2v) is 8.13. The third-order valence-corrected chi connectivity index (χ3v) is 5.42. The number of hydrogen-bond acceptors (Lipinski definition) is 4. The van der Waals surface area contributed by atoms with Crippen molar-refractivity contribution >= 4 is 40.4 Å². The van der Waals surface area contributed by atoms with Gasteiger partial charge in [-0.2, -0.15) is 13.2 Å². The van der Waals surface area contributed by atoms with E-state index in [1.165, 1.54) is 30.4 Å². The highest BCUT2D eigenvalue weighted by Crippen LogP contribution is 2.32. The summed E-state index contributed by atoms with van der Waals surface area (Å²) in [6.07, 6.45) is -0.184. The molecule has 36 heavy (non-hydrogen) atoms. The zero-order valence-electron chi connectivity index (χ0n) is 18.9. The molecule has 0 atom stereocenters. The molecule has 10 heteroatoms. The molecule has 0 unspecified atom stereocenters. The molecule has 2 N–H and O–H groups in total. The van der Waals surface area contributed by atoms with Crippen LogP contribution in [0.2, 0.25) is 10.3 Å². The van der Waals surface area contributed by atoms with Crippen molar-refractivity contribution in [3.8, 4) is 5.75 Å². The number of aromatic nitrogens is 1. The van der Waals surface area contributed by atoms with Gasteiger partial charge in [0, 0.05) is 11.6 Å². The molecule has 0 aliphatic carbocycles. The molecule has 0 saturated heterocycles. The van der Waals surface area contributed by atoms with Gasteiger partial charge in [-0.15, -0.1) is 0 Å². The zero-order valence-corrected chi connectivity index (χ0v) is 20.5. The van der Waals surface area contributed by atoms with Gasteiger partial charge in [-0.05, 0) is 54.0 Å². The number of benzene rings is 2. The highest BCUT2D eigenvalue weighted by Gasteiger charge is 2.30. The maximum atomic E-state index is 13.0. The average Bonchev–Trinajstić information content (AvgIpc) is 2.84. The first-order valence-corrected chi connectivity index (χ1v) is 11.4. The van der Waals surface area contributed by atoms with Gasteiger partial charge >= 0.3 is 6.18 Å². The summed E-state index contributed by atoms with van der Waals surface area (Å²) in [5, 5.41) is 12.0. The van der Waals surface area contributed by atoms with E-state index in [1.54, 1.807) is 30.3 Å². The lowest BCUT2D eigenvalue weighted by Gasteiger charge is -2.12. The second kappa shape index (κ2) is 12.1. The molecule has 1 aromatic heterocycles. The van der Waals surface area contributed by atoms with E-state index in [2.05, 4.69) is 10.3 Å². The molecule has 0 aliphatic heterocycles. The Morgan fingerprint density at radius 2 is 1.69 bits per heavy atom. The number of ether oxygens (including phenoxy) is 1. The van der Waals surface area contributed by atoms with Gasteiger partial charge in [0.1, 0.15) is 10.9 Å². The summed E-state index contributed by atoms with van der Waals surface area (Å²) < 4.78 is 44.5. The minimum absolute atomic E-state index is 0.0667. The van der Waals surface area contributed by atoms with Gasteiger partial charge < -0.3 is 15.2 Å². The summed E-state index contributed by atoms with van der Waals surface area (Å²) in [4.78, 5) is 16.3. The van der Waals surface area contributed by atoms with Crippen LogP contribution >= 0.6 is 23.2 Å². The molecule has 5 nitrogen and oxygen atoms in total. The van der Waals surface area contributed by atoms with E-state index in [-0.39, 0.29) is 21.6 Å². The fourth-order valence-corrected chi connectivity index (χ4v) is 3.80. The van der Waals surface area contributed by atoms with Crippen molar-refractivity contribution in [2.75, 3.05) is 11.9 Å². The van der Waals surface area contributed by atoms with E-state index >= 15 is 0 Å². The standard InChI is InChI=1S/C26H21Cl2F3N2O3/c1-2-36-20-12-8-17(9-13-20)21(16-6-10-19(11-7-16)26(29,30)31)4-3-5-23(35)33-24-18(15-34)14-22(27)32-25(24)28/h3-14,34H,2,15H2,1H3,(H,33,35). The number of amides is 1. The molecular formula is C26H21Cl2F3N2O3. The first-order chi connectivity index (χ1) is 17.1. The Bertz CT molecular complexity index is 1270. The van der Waals surface area contributed by atoms with Gasteiger partial charge in [-0.1, -0.05) is 59.6 Å². The number of alkyl halides is 3. The summed E-state index contributed by atoms with van der Waals surface area (Å²) in [6, 6.07) is 13.2. The van der Waals surface area contributed by atoms with E-state index in [4.69, 9.17) is 27.9 Å². The Labute approximate surface area is 215 Å². The van der Waals surface area contributed by atoms with E-state index < -0.39 is 24.3 Å². The van der Waals surface area contributed by atoms with Crippen molar-refractivity contribution < 1.29 is 27.8 Å². The number of anilines is 1. The number of nitrogens with zero attached hydrogens (tertiary/aromatic N) is 1. The van der Waals surface area contributed by atoms with Crippen LogP contribution in [0.5, 0.6) is 5.75 Å². The molecule has 0 saturated carbocycles. The van der Waals surface area contributed by atoms with Crippen LogP contribution in [0, 0.1) is 0 Å². The summed E-state index contributed by atoms with van der Waals surface area (Å²) in [5.41, 5.74) is 1.45. The lowest BCUT2D eigenvalue weighted by atomic mass is 9.96. The highest BCUT2D eigenvalue weighted by atomic mass is 35.5. The SMILES string of the molecule is CCOc1ccc(C(=CC=CC(=O)Nc2c(CO)cc(Cl)nc2Cl)c2ccc(C(F)(F)F)cc2)cc1. The minimum atomic E-state index is -4.45. The summed E-state index contributed by atoms with van der Waals surface area (Å²) >= 11 is 11.9. The molecule has 0 aliphatic rings. The van der Waals surface area contributed by atoms with Gasteiger partial charge in [-0.3, -0.25) is 4.79 Å². The molecule has 3 rings (SSSR count). The number of halogens is 5. The van der Waals surface area contributed by atoms with Crippen LogP contribution in [0.25, 0.3) is 5.57 Å². The molecular weight excluding hydrogens is 516 g/mol. The van der Waals surface area contributed by atoms with Crippen molar-refractivity contribution in [1.29, 1.82) is 0 Å². The van der Waals surface area contributed by atoms with Gasteiger partial charge in [0.25, 0.3) is 0 Å². The minimum Gasteiger partial charge on any atom is -0.494 e. The molecule has 0 bridgehead atoms. The second-order valence-electron chi connectivity index (χ2n) is 7.39. The quantitative estimate of drug-likeness (QED) is 0.186. The molecule has 1 amide bonds. The maximum Gasteiger partial charge on any atom is 0.416 e. The monoisotopic (exact) mass is 536 g/mol. The normalized spacial score (nSPS) is 12.1. The number of allylic oxidation sites excluding steroid dienone is 2. The smallest absolute Gasteiger partial charge is 0.416 e. The van der Waals surface area contributed by atoms with Gasteiger partial charge in [0.05, 0.1) is 24.5 Å². The first kappa shape index (κ1) is 27.3. The fraction of sp³-hybridized carbons (Fsp3) is 0.154. The Morgan fingerprint density at radius 3 is 2.25 bits per heavy atom. The van der Waals surface area contributed by atoms with Gasteiger partial charge in [0.15, 0.2) is 5.15 Å². The van der Waals surface area contributed by atoms with Gasteiger partial charge in [-0.25, -0.2) is 4.98 Å². The number of hydrogen-bond donors (Lipinski definition) is 2. The first-order valence-electron chi connectivity index (χ1n) is 10.7. The molecule has 1 heterocycles. The fourth-order valence-electron chi connectivity index (χ4n) is 3.28. The number of aliphatic hydroxyl groups is 1. The molecule has 0 radical (unpaired) electrons.